The zero-order chi connectivity index (χ0) is 18.5. The Balaban J connectivity index is 1.92. The molecule has 0 spiro atoms. The molecule has 0 amide bonds. The standard InChI is InChI=1S/C23H19F3/c1-2-3-4-6-16-10-12-20-18(7-5-8-19(20)13-16)11-9-17-14-21(24)23(26)22(25)15-17/h5,7-8,10,12-15H,2-4,6H2,1H3. The van der Waals surface area contributed by atoms with Crippen LogP contribution in [0.15, 0.2) is 48.5 Å². The molecule has 0 unspecified atom stereocenters. The molecule has 0 atom stereocenters. The number of aryl methyl sites for hydroxylation is 1. The number of hydrogen-bond acceptors (Lipinski definition) is 0. The summed E-state index contributed by atoms with van der Waals surface area (Å²) in [6, 6.07) is 13.9. The van der Waals surface area contributed by atoms with Gasteiger partial charge in [-0.15, -0.1) is 0 Å². The molecule has 0 heterocycles. The van der Waals surface area contributed by atoms with Crippen molar-refractivity contribution in [3.8, 4) is 11.8 Å². The average molecular weight is 352 g/mol. The number of hydrogen-bond donors (Lipinski definition) is 0. The molecular weight excluding hydrogens is 333 g/mol. The molecule has 0 nitrogen and oxygen atoms in total. The Morgan fingerprint density at radius 3 is 2.35 bits per heavy atom. The van der Waals surface area contributed by atoms with Gasteiger partial charge < -0.3 is 0 Å². The molecule has 0 aromatic heterocycles. The number of benzene rings is 3. The van der Waals surface area contributed by atoms with Crippen LogP contribution in [-0.4, -0.2) is 0 Å². The Morgan fingerprint density at radius 1 is 0.846 bits per heavy atom. The van der Waals surface area contributed by atoms with Crippen molar-refractivity contribution in [2.45, 2.75) is 32.6 Å². The van der Waals surface area contributed by atoms with Gasteiger partial charge in [0.05, 0.1) is 0 Å². The first kappa shape index (κ1) is 18.1. The maximum atomic E-state index is 13.3. The second kappa shape index (κ2) is 8.10. The third-order valence-electron chi connectivity index (χ3n) is 4.34. The van der Waals surface area contributed by atoms with Crippen molar-refractivity contribution in [1.29, 1.82) is 0 Å². The Labute approximate surface area is 151 Å². The molecule has 0 aliphatic carbocycles. The van der Waals surface area contributed by atoms with Crippen LogP contribution in [0, 0.1) is 29.3 Å². The highest BCUT2D eigenvalue weighted by molar-refractivity contribution is 5.88. The van der Waals surface area contributed by atoms with Gasteiger partial charge in [-0.05, 0) is 47.4 Å². The van der Waals surface area contributed by atoms with Crippen molar-refractivity contribution in [2.75, 3.05) is 0 Å². The molecule has 0 saturated heterocycles. The van der Waals surface area contributed by atoms with Crippen molar-refractivity contribution < 1.29 is 13.2 Å². The van der Waals surface area contributed by atoms with Crippen LogP contribution in [0.1, 0.15) is 42.9 Å². The van der Waals surface area contributed by atoms with Crippen LogP contribution in [-0.2, 0) is 6.42 Å². The molecule has 3 heteroatoms. The summed E-state index contributed by atoms with van der Waals surface area (Å²) in [6.07, 6.45) is 4.63. The molecule has 3 aromatic rings. The van der Waals surface area contributed by atoms with Crippen LogP contribution in [0.3, 0.4) is 0 Å². The number of halogens is 3. The van der Waals surface area contributed by atoms with Crippen LogP contribution in [0.25, 0.3) is 10.8 Å². The summed E-state index contributed by atoms with van der Waals surface area (Å²) in [5, 5.41) is 2.07. The van der Waals surface area contributed by atoms with Crippen molar-refractivity contribution in [2.24, 2.45) is 0 Å². The Hall–Kier alpha value is -2.73. The molecule has 0 radical (unpaired) electrons. The minimum Gasteiger partial charge on any atom is -0.204 e. The van der Waals surface area contributed by atoms with Crippen LogP contribution in [0.5, 0.6) is 0 Å². The first-order valence-electron chi connectivity index (χ1n) is 8.76. The lowest BCUT2D eigenvalue weighted by Crippen LogP contribution is -1.91. The largest absolute Gasteiger partial charge is 0.204 e. The Morgan fingerprint density at radius 2 is 1.62 bits per heavy atom. The van der Waals surface area contributed by atoms with Gasteiger partial charge in [0, 0.05) is 11.1 Å². The lowest BCUT2D eigenvalue weighted by molar-refractivity contribution is 0.446. The van der Waals surface area contributed by atoms with Gasteiger partial charge in [-0.2, -0.15) is 0 Å². The van der Waals surface area contributed by atoms with Gasteiger partial charge in [-0.1, -0.05) is 61.9 Å². The molecular formula is C23H19F3. The first-order valence-corrected chi connectivity index (χ1v) is 8.76. The van der Waals surface area contributed by atoms with Crippen molar-refractivity contribution in [1.82, 2.24) is 0 Å². The molecule has 3 aromatic carbocycles. The summed E-state index contributed by atoms with van der Waals surface area (Å²) in [5.41, 5.74) is 2.17. The maximum Gasteiger partial charge on any atom is 0.194 e. The van der Waals surface area contributed by atoms with Gasteiger partial charge in [0.25, 0.3) is 0 Å². The van der Waals surface area contributed by atoms with E-state index in [9.17, 15) is 13.2 Å². The Bertz CT molecular complexity index is 970. The van der Waals surface area contributed by atoms with E-state index < -0.39 is 17.5 Å². The lowest BCUT2D eigenvalue weighted by Gasteiger charge is -2.05. The van der Waals surface area contributed by atoms with Crippen LogP contribution >= 0.6 is 0 Å². The van der Waals surface area contributed by atoms with Gasteiger partial charge in [-0.25, -0.2) is 13.2 Å². The summed E-state index contributed by atoms with van der Waals surface area (Å²) < 4.78 is 39.6. The summed E-state index contributed by atoms with van der Waals surface area (Å²) in [7, 11) is 0. The summed E-state index contributed by atoms with van der Waals surface area (Å²) in [4.78, 5) is 0. The van der Waals surface area contributed by atoms with E-state index >= 15 is 0 Å². The molecule has 0 bridgehead atoms. The molecule has 0 aliphatic heterocycles. The second-order valence-electron chi connectivity index (χ2n) is 6.32. The molecule has 132 valence electrons. The van der Waals surface area contributed by atoms with Gasteiger partial charge in [0.1, 0.15) is 0 Å². The van der Waals surface area contributed by atoms with E-state index in [1.807, 2.05) is 24.3 Å². The third-order valence-corrected chi connectivity index (χ3v) is 4.34. The SMILES string of the molecule is CCCCCc1ccc2c(C#Cc3cc(F)c(F)c(F)c3)cccc2c1. The number of fused-ring (bicyclic) bond motifs is 1. The minimum atomic E-state index is -1.48. The zero-order valence-electron chi connectivity index (χ0n) is 14.6. The fourth-order valence-electron chi connectivity index (χ4n) is 2.94. The quantitative estimate of drug-likeness (QED) is 0.290. The second-order valence-corrected chi connectivity index (χ2v) is 6.32. The zero-order valence-corrected chi connectivity index (χ0v) is 14.6. The van der Waals surface area contributed by atoms with E-state index in [1.165, 1.54) is 24.8 Å². The van der Waals surface area contributed by atoms with Gasteiger partial charge in [0.2, 0.25) is 0 Å². The topological polar surface area (TPSA) is 0 Å². The van der Waals surface area contributed by atoms with E-state index in [0.29, 0.717) is 0 Å². The van der Waals surface area contributed by atoms with Crippen molar-refractivity contribution in [3.63, 3.8) is 0 Å². The highest BCUT2D eigenvalue weighted by atomic mass is 19.2. The van der Waals surface area contributed by atoms with E-state index in [1.54, 1.807) is 0 Å². The van der Waals surface area contributed by atoms with Crippen molar-refractivity contribution >= 4 is 10.8 Å². The van der Waals surface area contributed by atoms with E-state index in [0.717, 1.165) is 34.9 Å². The normalized spacial score (nSPS) is 10.6. The molecule has 0 aliphatic rings. The number of rotatable bonds is 4. The van der Waals surface area contributed by atoms with Gasteiger partial charge >= 0.3 is 0 Å². The van der Waals surface area contributed by atoms with E-state index in [4.69, 9.17) is 0 Å². The monoisotopic (exact) mass is 352 g/mol. The van der Waals surface area contributed by atoms with Gasteiger partial charge in [-0.3, -0.25) is 0 Å². The molecule has 26 heavy (non-hydrogen) atoms. The molecule has 3 rings (SSSR count). The fraction of sp³-hybridized carbons (Fsp3) is 0.217. The first-order chi connectivity index (χ1) is 12.6. The summed E-state index contributed by atoms with van der Waals surface area (Å²) in [6.45, 7) is 2.18. The summed E-state index contributed by atoms with van der Waals surface area (Å²) in [5.74, 6) is 1.73. The predicted molar refractivity (Wildman–Crippen MR) is 99.5 cm³/mol. The molecule has 0 N–H and O–H groups in total. The maximum absolute atomic E-state index is 13.3. The minimum absolute atomic E-state index is 0.106. The smallest absolute Gasteiger partial charge is 0.194 e. The highest BCUT2D eigenvalue weighted by Crippen LogP contribution is 2.21. The van der Waals surface area contributed by atoms with Gasteiger partial charge in [0.15, 0.2) is 17.5 Å². The lowest BCUT2D eigenvalue weighted by atomic mass is 9.99. The molecule has 0 fully saturated rings. The highest BCUT2D eigenvalue weighted by Gasteiger charge is 2.09. The Kier molecular flexibility index (Phi) is 5.63. The summed E-state index contributed by atoms with van der Waals surface area (Å²) >= 11 is 0. The van der Waals surface area contributed by atoms with Crippen LogP contribution in [0.4, 0.5) is 13.2 Å². The van der Waals surface area contributed by atoms with Crippen molar-refractivity contribution in [3.05, 3.63) is 82.7 Å². The van der Waals surface area contributed by atoms with E-state index in [2.05, 4.69) is 30.9 Å². The molecule has 0 saturated carbocycles. The van der Waals surface area contributed by atoms with Crippen LogP contribution in [0.2, 0.25) is 0 Å². The third kappa shape index (κ3) is 4.08. The van der Waals surface area contributed by atoms with E-state index in [-0.39, 0.29) is 5.56 Å². The average Bonchev–Trinajstić information content (AvgIpc) is 2.64. The fourth-order valence-corrected chi connectivity index (χ4v) is 2.94. The predicted octanol–water partition coefficient (Wildman–Crippen LogP) is 6.39. The number of unbranched alkanes of at least 4 members (excludes halogenated alkanes) is 2. The van der Waals surface area contributed by atoms with Crippen LogP contribution < -0.4 is 0 Å².